The van der Waals surface area contributed by atoms with Crippen molar-refractivity contribution in [3.8, 4) is 0 Å². The van der Waals surface area contributed by atoms with Crippen molar-refractivity contribution in [2.45, 2.75) is 13.5 Å². The zero-order valence-corrected chi connectivity index (χ0v) is 9.29. The number of anilines is 1. The SMILES string of the molecule is Cc1cccc2nc(NCc3ccno3)nn12. The van der Waals surface area contributed by atoms with Crippen molar-refractivity contribution in [2.75, 3.05) is 5.32 Å². The van der Waals surface area contributed by atoms with Gasteiger partial charge in [-0.15, -0.1) is 5.10 Å². The molecule has 6 nitrogen and oxygen atoms in total. The molecular formula is C11H11N5O. The molecule has 0 aliphatic heterocycles. The third-order valence-electron chi connectivity index (χ3n) is 2.46. The Labute approximate surface area is 97.3 Å². The van der Waals surface area contributed by atoms with Gasteiger partial charge in [-0.25, -0.2) is 4.52 Å². The zero-order valence-electron chi connectivity index (χ0n) is 9.29. The van der Waals surface area contributed by atoms with Crippen LogP contribution in [0.1, 0.15) is 11.5 Å². The molecule has 0 aliphatic carbocycles. The maximum Gasteiger partial charge on any atom is 0.243 e. The summed E-state index contributed by atoms with van der Waals surface area (Å²) in [4.78, 5) is 4.35. The van der Waals surface area contributed by atoms with Crippen LogP contribution in [0.5, 0.6) is 0 Å². The first-order valence-corrected chi connectivity index (χ1v) is 5.29. The van der Waals surface area contributed by atoms with E-state index < -0.39 is 0 Å². The lowest BCUT2D eigenvalue weighted by Crippen LogP contribution is -2.00. The molecule has 86 valence electrons. The average Bonchev–Trinajstić information content (AvgIpc) is 2.95. The van der Waals surface area contributed by atoms with Gasteiger partial charge in [0.05, 0.1) is 12.7 Å². The van der Waals surface area contributed by atoms with Crippen molar-refractivity contribution in [3.63, 3.8) is 0 Å². The van der Waals surface area contributed by atoms with E-state index in [0.717, 1.165) is 17.1 Å². The minimum atomic E-state index is 0.524. The van der Waals surface area contributed by atoms with Crippen LogP contribution in [0.3, 0.4) is 0 Å². The van der Waals surface area contributed by atoms with Gasteiger partial charge in [0.2, 0.25) is 5.95 Å². The Bertz CT molecular complexity index is 628. The van der Waals surface area contributed by atoms with E-state index in [4.69, 9.17) is 4.52 Å². The van der Waals surface area contributed by atoms with Crippen LogP contribution in [0.15, 0.2) is 35.0 Å². The molecule has 3 rings (SSSR count). The predicted octanol–water partition coefficient (Wildman–Crippen LogP) is 1.64. The first-order chi connectivity index (χ1) is 8.33. The molecular weight excluding hydrogens is 218 g/mol. The van der Waals surface area contributed by atoms with Crippen molar-refractivity contribution >= 4 is 11.6 Å². The maximum atomic E-state index is 4.98. The van der Waals surface area contributed by atoms with Gasteiger partial charge in [-0.3, -0.25) is 0 Å². The Morgan fingerprint density at radius 2 is 2.29 bits per heavy atom. The van der Waals surface area contributed by atoms with E-state index in [2.05, 4.69) is 20.6 Å². The normalized spacial score (nSPS) is 10.9. The first kappa shape index (κ1) is 9.83. The number of nitrogens with zero attached hydrogens (tertiary/aromatic N) is 4. The molecule has 0 saturated carbocycles. The van der Waals surface area contributed by atoms with Gasteiger partial charge < -0.3 is 9.84 Å². The molecule has 0 atom stereocenters. The molecule has 6 heteroatoms. The molecule has 0 radical (unpaired) electrons. The minimum absolute atomic E-state index is 0.524. The van der Waals surface area contributed by atoms with E-state index in [1.54, 1.807) is 16.8 Å². The number of aromatic nitrogens is 4. The van der Waals surface area contributed by atoms with E-state index in [0.29, 0.717) is 12.5 Å². The largest absolute Gasteiger partial charge is 0.360 e. The summed E-state index contributed by atoms with van der Waals surface area (Å²) in [5.74, 6) is 1.33. The summed E-state index contributed by atoms with van der Waals surface area (Å²) in [7, 11) is 0. The third kappa shape index (κ3) is 1.84. The highest BCUT2D eigenvalue weighted by Gasteiger charge is 2.05. The van der Waals surface area contributed by atoms with Crippen LogP contribution < -0.4 is 5.32 Å². The van der Waals surface area contributed by atoms with Gasteiger partial charge in [0.25, 0.3) is 0 Å². The second-order valence-corrected chi connectivity index (χ2v) is 3.70. The van der Waals surface area contributed by atoms with Crippen LogP contribution in [0, 0.1) is 6.92 Å². The van der Waals surface area contributed by atoms with Crippen LogP contribution >= 0.6 is 0 Å². The highest BCUT2D eigenvalue weighted by molar-refractivity contribution is 5.44. The molecule has 0 saturated heterocycles. The summed E-state index contributed by atoms with van der Waals surface area (Å²) in [5.41, 5.74) is 1.87. The number of fused-ring (bicyclic) bond motifs is 1. The lowest BCUT2D eigenvalue weighted by molar-refractivity contribution is 0.388. The smallest absolute Gasteiger partial charge is 0.243 e. The van der Waals surface area contributed by atoms with Crippen molar-refractivity contribution in [1.29, 1.82) is 0 Å². The molecule has 0 bridgehead atoms. The monoisotopic (exact) mass is 229 g/mol. The topological polar surface area (TPSA) is 68.2 Å². The van der Waals surface area contributed by atoms with Gasteiger partial charge >= 0.3 is 0 Å². The summed E-state index contributed by atoms with van der Waals surface area (Å²) >= 11 is 0. The van der Waals surface area contributed by atoms with Crippen molar-refractivity contribution in [2.24, 2.45) is 0 Å². The van der Waals surface area contributed by atoms with Crippen molar-refractivity contribution < 1.29 is 4.52 Å². The van der Waals surface area contributed by atoms with Crippen LogP contribution in [-0.2, 0) is 6.54 Å². The number of nitrogens with one attached hydrogen (secondary N) is 1. The summed E-state index contributed by atoms with van der Waals surface area (Å²) in [6, 6.07) is 7.66. The maximum absolute atomic E-state index is 4.98. The molecule has 0 unspecified atom stereocenters. The molecule has 0 spiro atoms. The van der Waals surface area contributed by atoms with Crippen molar-refractivity contribution in [3.05, 3.63) is 41.9 Å². The standard InChI is InChI=1S/C11H11N5O/c1-8-3-2-4-10-14-11(15-16(8)10)12-7-9-5-6-13-17-9/h2-6H,7H2,1H3,(H,12,15). The molecule has 3 aromatic heterocycles. The van der Waals surface area contributed by atoms with Crippen LogP contribution in [-0.4, -0.2) is 19.8 Å². The summed E-state index contributed by atoms with van der Waals surface area (Å²) < 4.78 is 6.77. The molecule has 0 aliphatic rings. The fourth-order valence-corrected chi connectivity index (χ4v) is 1.61. The zero-order chi connectivity index (χ0) is 11.7. The number of hydrogen-bond donors (Lipinski definition) is 1. The Balaban J connectivity index is 1.84. The van der Waals surface area contributed by atoms with Crippen LogP contribution in [0.4, 0.5) is 5.95 Å². The van der Waals surface area contributed by atoms with E-state index in [-0.39, 0.29) is 0 Å². The Kier molecular flexibility index (Phi) is 2.25. The van der Waals surface area contributed by atoms with E-state index >= 15 is 0 Å². The highest BCUT2D eigenvalue weighted by atomic mass is 16.5. The molecule has 0 amide bonds. The number of rotatable bonds is 3. The number of hydrogen-bond acceptors (Lipinski definition) is 5. The van der Waals surface area contributed by atoms with Crippen molar-refractivity contribution in [1.82, 2.24) is 19.8 Å². The summed E-state index contributed by atoms with van der Waals surface area (Å²) in [6.07, 6.45) is 1.61. The summed E-state index contributed by atoms with van der Waals surface area (Å²) in [5, 5.41) is 11.1. The molecule has 0 fully saturated rings. The van der Waals surface area contributed by atoms with Crippen LogP contribution in [0.25, 0.3) is 5.65 Å². The number of pyridine rings is 1. The van der Waals surface area contributed by atoms with E-state index in [9.17, 15) is 0 Å². The number of aryl methyl sites for hydroxylation is 1. The average molecular weight is 229 g/mol. The Hall–Kier alpha value is -2.37. The third-order valence-corrected chi connectivity index (χ3v) is 2.46. The van der Waals surface area contributed by atoms with Gasteiger partial charge in [-0.1, -0.05) is 11.2 Å². The van der Waals surface area contributed by atoms with Gasteiger partial charge in [0.15, 0.2) is 11.4 Å². The predicted molar refractivity (Wildman–Crippen MR) is 61.6 cm³/mol. The van der Waals surface area contributed by atoms with E-state index in [1.165, 1.54) is 0 Å². The van der Waals surface area contributed by atoms with Crippen LogP contribution in [0.2, 0.25) is 0 Å². The lowest BCUT2D eigenvalue weighted by Gasteiger charge is -1.96. The second kappa shape index (κ2) is 3.89. The fraction of sp³-hybridized carbons (Fsp3) is 0.182. The molecule has 17 heavy (non-hydrogen) atoms. The minimum Gasteiger partial charge on any atom is -0.360 e. The second-order valence-electron chi connectivity index (χ2n) is 3.70. The molecule has 1 N–H and O–H groups in total. The Morgan fingerprint density at radius 1 is 1.35 bits per heavy atom. The van der Waals surface area contributed by atoms with Gasteiger partial charge in [-0.2, -0.15) is 4.98 Å². The fourth-order valence-electron chi connectivity index (χ4n) is 1.61. The van der Waals surface area contributed by atoms with Gasteiger partial charge in [0, 0.05) is 11.8 Å². The molecule has 0 aromatic carbocycles. The lowest BCUT2D eigenvalue weighted by atomic mass is 10.4. The molecule has 3 heterocycles. The van der Waals surface area contributed by atoms with Gasteiger partial charge in [0.1, 0.15) is 0 Å². The summed E-state index contributed by atoms with van der Waals surface area (Å²) in [6.45, 7) is 2.51. The first-order valence-electron chi connectivity index (χ1n) is 5.29. The molecule has 3 aromatic rings. The quantitative estimate of drug-likeness (QED) is 0.739. The van der Waals surface area contributed by atoms with Gasteiger partial charge in [-0.05, 0) is 19.1 Å². The highest BCUT2D eigenvalue weighted by Crippen LogP contribution is 2.09. The van der Waals surface area contributed by atoms with E-state index in [1.807, 2.05) is 25.1 Å². The Morgan fingerprint density at radius 3 is 3.06 bits per heavy atom.